The van der Waals surface area contributed by atoms with Gasteiger partial charge in [-0.25, -0.2) is 4.98 Å². The Bertz CT molecular complexity index is 515. The molecule has 6 nitrogen and oxygen atoms in total. The Morgan fingerprint density at radius 2 is 2.32 bits per heavy atom. The SMILES string of the molecule is CN(CC(=O)Nc1ccc(Br)cn1)C(=O)CCC1CCNC1. The van der Waals surface area contributed by atoms with Crippen LogP contribution in [0.5, 0.6) is 0 Å². The van der Waals surface area contributed by atoms with Gasteiger partial charge in [-0.1, -0.05) is 0 Å². The molecule has 0 aromatic carbocycles. The van der Waals surface area contributed by atoms with Crippen LogP contribution in [0.3, 0.4) is 0 Å². The third-order valence-corrected chi connectivity index (χ3v) is 4.20. The molecular weight excluding hydrogens is 348 g/mol. The third kappa shape index (κ3) is 5.38. The number of nitrogens with one attached hydrogen (secondary N) is 2. The van der Waals surface area contributed by atoms with Crippen molar-refractivity contribution in [1.82, 2.24) is 15.2 Å². The number of carbonyl (C=O) groups is 2. The molecule has 0 saturated carbocycles. The fourth-order valence-corrected chi connectivity index (χ4v) is 2.65. The van der Waals surface area contributed by atoms with E-state index in [2.05, 4.69) is 31.5 Å². The van der Waals surface area contributed by atoms with Crippen molar-refractivity contribution in [2.75, 3.05) is 32.0 Å². The van der Waals surface area contributed by atoms with Crippen LogP contribution in [-0.2, 0) is 9.59 Å². The average Bonchev–Trinajstić information content (AvgIpc) is 3.00. The molecule has 1 fully saturated rings. The minimum absolute atomic E-state index is 0.00538. The lowest BCUT2D eigenvalue weighted by molar-refractivity contribution is -0.133. The Kier molecular flexibility index (Phi) is 6.33. The van der Waals surface area contributed by atoms with Crippen LogP contribution in [0.25, 0.3) is 0 Å². The molecule has 2 amide bonds. The third-order valence-electron chi connectivity index (χ3n) is 3.73. The van der Waals surface area contributed by atoms with Crippen molar-refractivity contribution < 1.29 is 9.59 Å². The van der Waals surface area contributed by atoms with Crippen molar-refractivity contribution >= 4 is 33.6 Å². The molecule has 22 heavy (non-hydrogen) atoms. The number of rotatable bonds is 6. The summed E-state index contributed by atoms with van der Waals surface area (Å²) in [5.74, 6) is 0.822. The van der Waals surface area contributed by atoms with Gasteiger partial charge in [0.2, 0.25) is 11.8 Å². The van der Waals surface area contributed by atoms with Gasteiger partial charge in [-0.05, 0) is 59.9 Å². The first-order valence-corrected chi connectivity index (χ1v) is 8.20. The Balaban J connectivity index is 1.72. The van der Waals surface area contributed by atoms with E-state index in [1.54, 1.807) is 25.4 Å². The smallest absolute Gasteiger partial charge is 0.245 e. The molecule has 120 valence electrons. The molecule has 2 N–H and O–H groups in total. The fourth-order valence-electron chi connectivity index (χ4n) is 2.42. The monoisotopic (exact) mass is 368 g/mol. The van der Waals surface area contributed by atoms with Gasteiger partial charge in [0, 0.05) is 24.1 Å². The second-order valence-corrected chi connectivity index (χ2v) is 6.47. The molecule has 0 bridgehead atoms. The van der Waals surface area contributed by atoms with E-state index in [0.29, 0.717) is 18.2 Å². The minimum atomic E-state index is -0.242. The quantitative estimate of drug-likeness (QED) is 0.800. The number of likely N-dealkylation sites (N-methyl/N-ethyl adjacent to an activating group) is 1. The van der Waals surface area contributed by atoms with Gasteiger partial charge in [0.1, 0.15) is 5.82 Å². The molecule has 0 aliphatic carbocycles. The number of hydrogen-bond donors (Lipinski definition) is 2. The lowest BCUT2D eigenvalue weighted by Gasteiger charge is -2.17. The average molecular weight is 369 g/mol. The van der Waals surface area contributed by atoms with Crippen molar-refractivity contribution in [2.45, 2.75) is 19.3 Å². The number of pyridine rings is 1. The summed E-state index contributed by atoms with van der Waals surface area (Å²) >= 11 is 3.28. The first-order valence-electron chi connectivity index (χ1n) is 7.40. The molecule has 7 heteroatoms. The van der Waals surface area contributed by atoms with E-state index in [0.717, 1.165) is 30.4 Å². The van der Waals surface area contributed by atoms with Gasteiger partial charge in [-0.3, -0.25) is 9.59 Å². The van der Waals surface area contributed by atoms with E-state index in [4.69, 9.17) is 0 Å². The molecule has 2 heterocycles. The number of anilines is 1. The second-order valence-electron chi connectivity index (χ2n) is 5.56. The van der Waals surface area contributed by atoms with E-state index in [1.807, 2.05) is 0 Å². The number of aromatic nitrogens is 1. The highest BCUT2D eigenvalue weighted by Gasteiger charge is 2.18. The molecule has 1 aliphatic rings. The lowest BCUT2D eigenvalue weighted by atomic mass is 10.0. The van der Waals surface area contributed by atoms with Gasteiger partial charge in [-0.2, -0.15) is 0 Å². The molecule has 1 aliphatic heterocycles. The van der Waals surface area contributed by atoms with Gasteiger partial charge in [-0.15, -0.1) is 0 Å². The summed E-state index contributed by atoms with van der Waals surface area (Å²) in [6.07, 6.45) is 4.12. The summed E-state index contributed by atoms with van der Waals surface area (Å²) < 4.78 is 0.846. The van der Waals surface area contributed by atoms with Gasteiger partial charge in [0.25, 0.3) is 0 Å². The van der Waals surface area contributed by atoms with Crippen LogP contribution in [-0.4, -0.2) is 48.4 Å². The van der Waals surface area contributed by atoms with Crippen molar-refractivity contribution in [3.63, 3.8) is 0 Å². The van der Waals surface area contributed by atoms with Crippen LogP contribution in [0.2, 0.25) is 0 Å². The Labute approximate surface area is 138 Å². The van der Waals surface area contributed by atoms with Gasteiger partial charge in [0.15, 0.2) is 0 Å². The molecular formula is C15H21BrN4O2. The standard InChI is InChI=1S/C15H21BrN4O2/c1-20(15(22)5-2-11-6-7-17-8-11)10-14(21)19-13-4-3-12(16)9-18-13/h3-4,9,11,17H,2,5-8,10H2,1H3,(H,18,19,21). The Hall–Kier alpha value is -1.47. The summed E-state index contributed by atoms with van der Waals surface area (Å²) in [6, 6.07) is 3.50. The molecule has 1 aromatic rings. The highest BCUT2D eigenvalue weighted by Crippen LogP contribution is 2.15. The Morgan fingerprint density at radius 3 is 2.95 bits per heavy atom. The van der Waals surface area contributed by atoms with Crippen molar-refractivity contribution in [2.24, 2.45) is 5.92 Å². The second kappa shape index (κ2) is 8.24. The van der Waals surface area contributed by atoms with Gasteiger partial charge in [0.05, 0.1) is 6.54 Å². The van der Waals surface area contributed by atoms with Crippen LogP contribution in [0.4, 0.5) is 5.82 Å². The summed E-state index contributed by atoms with van der Waals surface area (Å²) in [6.45, 7) is 2.07. The number of hydrogen-bond acceptors (Lipinski definition) is 4. The van der Waals surface area contributed by atoms with Crippen molar-refractivity contribution in [3.05, 3.63) is 22.8 Å². The number of carbonyl (C=O) groups excluding carboxylic acids is 2. The summed E-state index contributed by atoms with van der Waals surface area (Å²) in [5, 5.41) is 5.97. The molecule has 1 aromatic heterocycles. The maximum atomic E-state index is 12.0. The first-order chi connectivity index (χ1) is 10.5. The zero-order valence-corrected chi connectivity index (χ0v) is 14.2. The summed E-state index contributed by atoms with van der Waals surface area (Å²) in [4.78, 5) is 29.5. The van der Waals surface area contributed by atoms with Crippen LogP contribution >= 0.6 is 15.9 Å². The van der Waals surface area contributed by atoms with Crippen LogP contribution in [0, 0.1) is 5.92 Å². The highest BCUT2D eigenvalue weighted by molar-refractivity contribution is 9.10. The molecule has 0 spiro atoms. The number of halogens is 1. The predicted octanol–water partition coefficient (Wildman–Crippen LogP) is 1.63. The van der Waals surface area contributed by atoms with E-state index in [9.17, 15) is 9.59 Å². The predicted molar refractivity (Wildman–Crippen MR) is 88.4 cm³/mol. The zero-order valence-electron chi connectivity index (χ0n) is 12.6. The number of amides is 2. The fraction of sp³-hybridized carbons (Fsp3) is 0.533. The molecule has 2 rings (SSSR count). The highest BCUT2D eigenvalue weighted by atomic mass is 79.9. The molecule has 1 unspecified atom stereocenters. The zero-order chi connectivity index (χ0) is 15.9. The normalized spacial score (nSPS) is 17.3. The molecule has 1 atom stereocenters. The molecule has 0 radical (unpaired) electrons. The minimum Gasteiger partial charge on any atom is -0.336 e. The van der Waals surface area contributed by atoms with Crippen molar-refractivity contribution in [3.8, 4) is 0 Å². The molecule has 1 saturated heterocycles. The number of nitrogens with zero attached hydrogens (tertiary/aromatic N) is 2. The van der Waals surface area contributed by atoms with E-state index in [-0.39, 0.29) is 18.4 Å². The maximum Gasteiger partial charge on any atom is 0.245 e. The largest absolute Gasteiger partial charge is 0.336 e. The van der Waals surface area contributed by atoms with Crippen molar-refractivity contribution in [1.29, 1.82) is 0 Å². The Morgan fingerprint density at radius 1 is 1.50 bits per heavy atom. The van der Waals surface area contributed by atoms with Crippen LogP contribution in [0.1, 0.15) is 19.3 Å². The van der Waals surface area contributed by atoms with Gasteiger partial charge < -0.3 is 15.5 Å². The van der Waals surface area contributed by atoms with E-state index < -0.39 is 0 Å². The van der Waals surface area contributed by atoms with E-state index in [1.165, 1.54) is 4.90 Å². The first kappa shape index (κ1) is 16.9. The van der Waals surface area contributed by atoms with Crippen LogP contribution < -0.4 is 10.6 Å². The summed E-state index contributed by atoms with van der Waals surface area (Å²) in [5.41, 5.74) is 0. The van der Waals surface area contributed by atoms with Crippen LogP contribution in [0.15, 0.2) is 22.8 Å². The summed E-state index contributed by atoms with van der Waals surface area (Å²) in [7, 11) is 1.66. The lowest BCUT2D eigenvalue weighted by Crippen LogP contribution is -2.35. The topological polar surface area (TPSA) is 74.3 Å². The van der Waals surface area contributed by atoms with Gasteiger partial charge >= 0.3 is 0 Å². The maximum absolute atomic E-state index is 12.0. The van der Waals surface area contributed by atoms with E-state index >= 15 is 0 Å².